The second-order valence-electron chi connectivity index (χ2n) is 4.66. The fraction of sp³-hybridized carbons (Fsp3) is 0.615. The maximum Gasteiger partial charge on any atom is 0.167 e. The van der Waals surface area contributed by atoms with Crippen LogP contribution >= 0.6 is 11.6 Å². The van der Waals surface area contributed by atoms with Crippen molar-refractivity contribution in [3.05, 3.63) is 23.1 Å². The number of piperidine rings is 1. The van der Waals surface area contributed by atoms with E-state index < -0.39 is 0 Å². The average molecular weight is 288 g/mol. The largest absolute Gasteiger partial charge is 0.378 e. The molecule has 0 unspecified atom stereocenters. The minimum Gasteiger partial charge on any atom is -0.378 e. The van der Waals surface area contributed by atoms with Crippen molar-refractivity contribution in [1.82, 2.24) is 4.98 Å². The molecule has 0 radical (unpaired) electrons. The second kappa shape index (κ2) is 7.03. The van der Waals surface area contributed by atoms with Crippen LogP contribution in [0.3, 0.4) is 0 Å². The molecule has 1 aromatic rings. The smallest absolute Gasteiger partial charge is 0.167 e. The van der Waals surface area contributed by atoms with Gasteiger partial charge in [-0.1, -0.05) is 11.6 Å². The topological polar surface area (TPSA) is 51.4 Å². The molecule has 0 spiro atoms. The summed E-state index contributed by atoms with van der Waals surface area (Å²) in [4.78, 5) is 6.00. The normalized spacial score (nSPS) is 16.9. The maximum absolute atomic E-state index is 13.7. The Morgan fingerprint density at radius 2 is 2.21 bits per heavy atom. The quantitative estimate of drug-likeness (QED) is 0.844. The summed E-state index contributed by atoms with van der Waals surface area (Å²) >= 11 is 5.70. The van der Waals surface area contributed by atoms with Crippen molar-refractivity contribution < 1.29 is 9.13 Å². The molecular weight excluding hydrogens is 269 g/mol. The van der Waals surface area contributed by atoms with Crippen LogP contribution in [0, 0.1) is 5.82 Å². The zero-order valence-electron chi connectivity index (χ0n) is 10.8. The van der Waals surface area contributed by atoms with Crippen molar-refractivity contribution in [3.8, 4) is 0 Å². The molecule has 6 heteroatoms. The summed E-state index contributed by atoms with van der Waals surface area (Å²) in [7, 11) is 0. The van der Waals surface area contributed by atoms with Crippen LogP contribution in [0.15, 0.2) is 12.3 Å². The van der Waals surface area contributed by atoms with Gasteiger partial charge in [-0.25, -0.2) is 9.37 Å². The fourth-order valence-corrected chi connectivity index (χ4v) is 2.35. The molecule has 2 rings (SSSR count). The Bertz CT molecular complexity index is 411. The summed E-state index contributed by atoms with van der Waals surface area (Å²) < 4.78 is 19.5. The molecule has 0 bridgehead atoms. The van der Waals surface area contributed by atoms with Crippen LogP contribution in [0.1, 0.15) is 19.3 Å². The van der Waals surface area contributed by atoms with Gasteiger partial charge in [-0.3, -0.25) is 0 Å². The van der Waals surface area contributed by atoms with E-state index in [1.165, 1.54) is 12.3 Å². The summed E-state index contributed by atoms with van der Waals surface area (Å²) in [6.45, 7) is 2.85. The van der Waals surface area contributed by atoms with Gasteiger partial charge in [-0.2, -0.15) is 0 Å². The Morgan fingerprint density at radius 1 is 1.47 bits per heavy atom. The van der Waals surface area contributed by atoms with E-state index >= 15 is 0 Å². The van der Waals surface area contributed by atoms with Crippen molar-refractivity contribution in [1.29, 1.82) is 0 Å². The minimum atomic E-state index is -0.366. The van der Waals surface area contributed by atoms with Crippen molar-refractivity contribution in [2.75, 3.05) is 31.1 Å². The molecular formula is C13H19ClFN3O. The van der Waals surface area contributed by atoms with Gasteiger partial charge in [0.1, 0.15) is 0 Å². The number of aromatic nitrogens is 1. The molecule has 0 atom stereocenters. The number of pyridine rings is 1. The monoisotopic (exact) mass is 287 g/mol. The minimum absolute atomic E-state index is 0.248. The lowest BCUT2D eigenvalue weighted by molar-refractivity contribution is 0.0365. The lowest BCUT2D eigenvalue weighted by atomic mass is 10.1. The van der Waals surface area contributed by atoms with Crippen molar-refractivity contribution in [2.24, 2.45) is 5.73 Å². The highest BCUT2D eigenvalue weighted by Crippen LogP contribution is 2.24. The van der Waals surface area contributed by atoms with Crippen LogP contribution < -0.4 is 10.6 Å². The SMILES string of the molecule is NCCCOC1CCN(c2ncc(Cl)cc2F)CC1. The predicted octanol–water partition coefficient (Wildman–Crippen LogP) is 2.21. The van der Waals surface area contributed by atoms with E-state index in [0.29, 0.717) is 24.0 Å². The van der Waals surface area contributed by atoms with Gasteiger partial charge in [0.2, 0.25) is 0 Å². The standard InChI is InChI=1S/C13H19ClFN3O/c14-10-8-12(15)13(17-9-10)18-5-2-11(3-6-18)19-7-1-4-16/h8-9,11H,1-7,16H2. The van der Waals surface area contributed by atoms with Gasteiger partial charge in [0.05, 0.1) is 11.1 Å². The Balaban J connectivity index is 1.85. The van der Waals surface area contributed by atoms with E-state index in [0.717, 1.165) is 32.4 Å². The van der Waals surface area contributed by atoms with Gasteiger partial charge >= 0.3 is 0 Å². The summed E-state index contributed by atoms with van der Waals surface area (Å²) in [6.07, 6.45) is 4.37. The van der Waals surface area contributed by atoms with E-state index in [2.05, 4.69) is 4.98 Å². The fourth-order valence-electron chi connectivity index (χ4n) is 2.21. The lowest BCUT2D eigenvalue weighted by Crippen LogP contribution is -2.38. The highest BCUT2D eigenvalue weighted by atomic mass is 35.5. The Hall–Kier alpha value is -0.910. The zero-order chi connectivity index (χ0) is 13.7. The Kier molecular flexibility index (Phi) is 5.36. The summed E-state index contributed by atoms with van der Waals surface area (Å²) in [6, 6.07) is 1.30. The van der Waals surface area contributed by atoms with E-state index in [4.69, 9.17) is 22.1 Å². The van der Waals surface area contributed by atoms with Gasteiger partial charge in [0.15, 0.2) is 11.6 Å². The van der Waals surface area contributed by atoms with Crippen LogP contribution in [0.4, 0.5) is 10.2 Å². The molecule has 2 N–H and O–H groups in total. The molecule has 1 fully saturated rings. The van der Waals surface area contributed by atoms with Gasteiger partial charge in [0, 0.05) is 25.9 Å². The number of rotatable bonds is 5. The van der Waals surface area contributed by atoms with E-state index in [1.807, 2.05) is 4.90 Å². The van der Waals surface area contributed by atoms with E-state index in [-0.39, 0.29) is 11.9 Å². The molecule has 1 aliphatic rings. The van der Waals surface area contributed by atoms with Crippen LogP contribution in [-0.4, -0.2) is 37.3 Å². The number of hydrogen-bond acceptors (Lipinski definition) is 4. The summed E-state index contributed by atoms with van der Waals surface area (Å²) in [5.41, 5.74) is 5.42. The number of ether oxygens (including phenoxy) is 1. The third-order valence-electron chi connectivity index (χ3n) is 3.23. The summed E-state index contributed by atoms with van der Waals surface area (Å²) in [5.74, 6) is 0.0137. The molecule has 0 saturated carbocycles. The number of nitrogens with zero attached hydrogens (tertiary/aromatic N) is 2. The van der Waals surface area contributed by atoms with Crippen molar-refractivity contribution >= 4 is 17.4 Å². The van der Waals surface area contributed by atoms with Crippen LogP contribution in [0.25, 0.3) is 0 Å². The first kappa shape index (κ1) is 14.5. The molecule has 4 nitrogen and oxygen atoms in total. The lowest BCUT2D eigenvalue weighted by Gasteiger charge is -2.32. The van der Waals surface area contributed by atoms with Crippen LogP contribution in [-0.2, 0) is 4.74 Å². The first-order chi connectivity index (χ1) is 9.20. The Labute approximate surface area is 117 Å². The molecule has 0 amide bonds. The number of hydrogen-bond donors (Lipinski definition) is 1. The van der Waals surface area contributed by atoms with Gasteiger partial charge in [-0.15, -0.1) is 0 Å². The highest BCUT2D eigenvalue weighted by Gasteiger charge is 2.22. The first-order valence-electron chi connectivity index (χ1n) is 6.58. The Morgan fingerprint density at radius 3 is 2.84 bits per heavy atom. The molecule has 0 aromatic carbocycles. The molecule has 19 heavy (non-hydrogen) atoms. The molecule has 0 aliphatic carbocycles. The molecule has 1 saturated heterocycles. The molecule has 1 aromatic heterocycles. The molecule has 2 heterocycles. The predicted molar refractivity (Wildman–Crippen MR) is 74.1 cm³/mol. The number of nitrogens with two attached hydrogens (primary N) is 1. The first-order valence-corrected chi connectivity index (χ1v) is 6.96. The van der Waals surface area contributed by atoms with Crippen LogP contribution in [0.2, 0.25) is 5.02 Å². The molecule has 106 valence electrons. The average Bonchev–Trinajstić information content (AvgIpc) is 2.40. The van der Waals surface area contributed by atoms with E-state index in [1.54, 1.807) is 0 Å². The van der Waals surface area contributed by atoms with Crippen molar-refractivity contribution in [3.63, 3.8) is 0 Å². The van der Waals surface area contributed by atoms with Gasteiger partial charge in [0.25, 0.3) is 0 Å². The highest BCUT2D eigenvalue weighted by molar-refractivity contribution is 6.30. The van der Waals surface area contributed by atoms with Gasteiger partial charge < -0.3 is 15.4 Å². The number of halogens is 2. The number of anilines is 1. The van der Waals surface area contributed by atoms with E-state index in [9.17, 15) is 4.39 Å². The van der Waals surface area contributed by atoms with Gasteiger partial charge in [-0.05, 0) is 31.9 Å². The maximum atomic E-state index is 13.7. The third-order valence-corrected chi connectivity index (χ3v) is 3.44. The van der Waals surface area contributed by atoms with Crippen molar-refractivity contribution in [2.45, 2.75) is 25.4 Å². The van der Waals surface area contributed by atoms with Crippen LogP contribution in [0.5, 0.6) is 0 Å². The summed E-state index contributed by atoms with van der Waals surface area (Å²) in [5, 5.41) is 0.321. The third kappa shape index (κ3) is 4.03. The second-order valence-corrected chi connectivity index (χ2v) is 5.09. The zero-order valence-corrected chi connectivity index (χ0v) is 11.6. The molecule has 1 aliphatic heterocycles.